The van der Waals surface area contributed by atoms with Gasteiger partial charge in [0.15, 0.2) is 0 Å². The Balaban J connectivity index is 2.12. The molecule has 0 aromatic heterocycles. The molecule has 1 atom stereocenters. The lowest BCUT2D eigenvalue weighted by Crippen LogP contribution is -2.24. The fourth-order valence-corrected chi connectivity index (χ4v) is 2.43. The van der Waals surface area contributed by atoms with Gasteiger partial charge in [0.25, 0.3) is 0 Å². The minimum atomic E-state index is -0.741. The zero-order valence-corrected chi connectivity index (χ0v) is 11.8. The quantitative estimate of drug-likeness (QED) is 0.727. The maximum absolute atomic E-state index is 11.8. The van der Waals surface area contributed by atoms with Gasteiger partial charge in [0.2, 0.25) is 0 Å². The predicted octanol–water partition coefficient (Wildman–Crippen LogP) is 3.39. The molecular weight excluding hydrogens is 232 g/mol. The van der Waals surface area contributed by atoms with Crippen LogP contribution in [-0.2, 0) is 10.8 Å². The Hall–Kier alpha value is -0.830. The molecule has 17 heavy (non-hydrogen) atoms. The van der Waals surface area contributed by atoms with Crippen LogP contribution in [-0.4, -0.2) is 21.3 Å². The summed E-state index contributed by atoms with van der Waals surface area (Å²) in [6, 6.07) is 9.80. The van der Waals surface area contributed by atoms with Crippen LogP contribution in [0.25, 0.3) is 0 Å². The van der Waals surface area contributed by atoms with E-state index < -0.39 is 10.8 Å². The number of ether oxygens (including phenoxy) is 1. The normalized spacial score (nSPS) is 13.4. The van der Waals surface area contributed by atoms with Crippen LogP contribution < -0.4 is 4.74 Å². The molecule has 3 heteroatoms. The maximum atomic E-state index is 11.8. The van der Waals surface area contributed by atoms with Crippen molar-refractivity contribution in [3.05, 3.63) is 30.3 Å². The van der Waals surface area contributed by atoms with E-state index in [1.165, 1.54) is 0 Å². The smallest absolute Gasteiger partial charge is 0.119 e. The average molecular weight is 254 g/mol. The lowest BCUT2D eigenvalue weighted by Gasteiger charge is -2.17. The van der Waals surface area contributed by atoms with Crippen LogP contribution in [0.3, 0.4) is 0 Å². The molecule has 1 unspecified atom stereocenters. The highest BCUT2D eigenvalue weighted by molar-refractivity contribution is 7.86. The minimum absolute atomic E-state index is 0.0969. The molecule has 0 saturated heterocycles. The van der Waals surface area contributed by atoms with Crippen LogP contribution in [0.2, 0.25) is 0 Å². The van der Waals surface area contributed by atoms with Gasteiger partial charge in [0.05, 0.1) is 6.61 Å². The fourth-order valence-electron chi connectivity index (χ4n) is 1.35. The van der Waals surface area contributed by atoms with Crippen molar-refractivity contribution in [1.29, 1.82) is 0 Å². The van der Waals surface area contributed by atoms with Crippen molar-refractivity contribution < 1.29 is 8.95 Å². The zero-order valence-electron chi connectivity index (χ0n) is 10.9. The van der Waals surface area contributed by atoms with Crippen molar-refractivity contribution in [3.8, 4) is 5.75 Å². The standard InChI is InChI=1S/C14H22O2S/c1-14(2,3)17(15)12-8-7-11-16-13-9-5-4-6-10-13/h4-6,9-10H,7-8,11-12H2,1-3H3. The Morgan fingerprint density at radius 1 is 1.12 bits per heavy atom. The molecule has 1 aromatic carbocycles. The van der Waals surface area contributed by atoms with Crippen LogP contribution in [0.5, 0.6) is 5.75 Å². The van der Waals surface area contributed by atoms with Gasteiger partial charge in [-0.15, -0.1) is 0 Å². The highest BCUT2D eigenvalue weighted by atomic mass is 32.2. The number of unbranched alkanes of at least 4 members (excludes halogenated alkanes) is 1. The Kier molecular flexibility index (Phi) is 5.69. The van der Waals surface area contributed by atoms with E-state index in [-0.39, 0.29) is 4.75 Å². The van der Waals surface area contributed by atoms with E-state index in [1.54, 1.807) is 0 Å². The van der Waals surface area contributed by atoms with Crippen LogP contribution >= 0.6 is 0 Å². The van der Waals surface area contributed by atoms with Crippen LogP contribution in [0.4, 0.5) is 0 Å². The van der Waals surface area contributed by atoms with Gasteiger partial charge in [-0.1, -0.05) is 18.2 Å². The van der Waals surface area contributed by atoms with E-state index in [0.717, 1.165) is 24.3 Å². The second-order valence-corrected chi connectivity index (χ2v) is 7.35. The number of rotatable bonds is 6. The Morgan fingerprint density at radius 3 is 2.35 bits per heavy atom. The highest BCUT2D eigenvalue weighted by Gasteiger charge is 2.18. The summed E-state index contributed by atoms with van der Waals surface area (Å²) in [5.74, 6) is 1.67. The second-order valence-electron chi connectivity index (χ2n) is 5.03. The van der Waals surface area contributed by atoms with E-state index in [4.69, 9.17) is 4.74 Å². The summed E-state index contributed by atoms with van der Waals surface area (Å²) < 4.78 is 17.2. The third kappa shape index (κ3) is 5.87. The van der Waals surface area contributed by atoms with Gasteiger partial charge in [-0.05, 0) is 45.7 Å². The molecule has 0 N–H and O–H groups in total. The van der Waals surface area contributed by atoms with Crippen molar-refractivity contribution in [2.24, 2.45) is 0 Å². The average Bonchev–Trinajstić information content (AvgIpc) is 2.28. The summed E-state index contributed by atoms with van der Waals surface area (Å²) in [5, 5.41) is 0. The Labute approximate surface area is 107 Å². The lowest BCUT2D eigenvalue weighted by molar-refractivity contribution is 0.309. The molecule has 0 amide bonds. The molecule has 0 aliphatic carbocycles. The van der Waals surface area contributed by atoms with Crippen molar-refractivity contribution in [3.63, 3.8) is 0 Å². The first-order valence-corrected chi connectivity index (χ1v) is 7.38. The van der Waals surface area contributed by atoms with Crippen LogP contribution in [0.15, 0.2) is 30.3 Å². The first-order valence-electron chi connectivity index (χ1n) is 6.06. The first kappa shape index (κ1) is 14.2. The Bertz CT molecular complexity index is 341. The summed E-state index contributed by atoms with van der Waals surface area (Å²) in [6.07, 6.45) is 1.91. The summed E-state index contributed by atoms with van der Waals surface area (Å²) in [7, 11) is -0.741. The van der Waals surface area contributed by atoms with E-state index >= 15 is 0 Å². The van der Waals surface area contributed by atoms with E-state index in [1.807, 2.05) is 51.1 Å². The summed E-state index contributed by atoms with van der Waals surface area (Å²) in [5.41, 5.74) is 0. The van der Waals surface area contributed by atoms with E-state index in [9.17, 15) is 4.21 Å². The van der Waals surface area contributed by atoms with Crippen molar-refractivity contribution in [1.82, 2.24) is 0 Å². The van der Waals surface area contributed by atoms with E-state index in [2.05, 4.69) is 0 Å². The van der Waals surface area contributed by atoms with Crippen molar-refractivity contribution >= 4 is 10.8 Å². The van der Waals surface area contributed by atoms with Crippen molar-refractivity contribution in [2.75, 3.05) is 12.4 Å². The van der Waals surface area contributed by atoms with Crippen molar-refractivity contribution in [2.45, 2.75) is 38.4 Å². The van der Waals surface area contributed by atoms with Gasteiger partial charge in [0.1, 0.15) is 5.75 Å². The third-order valence-electron chi connectivity index (χ3n) is 2.42. The minimum Gasteiger partial charge on any atom is -0.494 e. The molecule has 0 bridgehead atoms. The second kappa shape index (κ2) is 6.80. The predicted molar refractivity (Wildman–Crippen MR) is 73.9 cm³/mol. The largest absolute Gasteiger partial charge is 0.494 e. The number of benzene rings is 1. The lowest BCUT2D eigenvalue weighted by atomic mass is 10.3. The molecule has 96 valence electrons. The van der Waals surface area contributed by atoms with Gasteiger partial charge in [-0.3, -0.25) is 4.21 Å². The van der Waals surface area contributed by atoms with Gasteiger partial charge >= 0.3 is 0 Å². The molecule has 0 fully saturated rings. The molecule has 0 aliphatic rings. The summed E-state index contributed by atoms with van der Waals surface area (Å²) in [6.45, 7) is 6.75. The molecule has 0 radical (unpaired) electrons. The fraction of sp³-hybridized carbons (Fsp3) is 0.571. The molecule has 0 aliphatic heterocycles. The van der Waals surface area contributed by atoms with Gasteiger partial charge in [-0.2, -0.15) is 0 Å². The monoisotopic (exact) mass is 254 g/mol. The van der Waals surface area contributed by atoms with Crippen LogP contribution in [0, 0.1) is 0 Å². The molecule has 0 saturated carbocycles. The van der Waals surface area contributed by atoms with Gasteiger partial charge < -0.3 is 4.74 Å². The molecule has 1 rings (SSSR count). The topological polar surface area (TPSA) is 26.3 Å². The van der Waals surface area contributed by atoms with Gasteiger partial charge in [-0.25, -0.2) is 0 Å². The van der Waals surface area contributed by atoms with Gasteiger partial charge in [0, 0.05) is 21.3 Å². The number of para-hydroxylation sites is 1. The SMILES string of the molecule is CC(C)(C)S(=O)CCCCOc1ccccc1. The molecule has 2 nitrogen and oxygen atoms in total. The third-order valence-corrected chi connectivity index (χ3v) is 4.44. The Morgan fingerprint density at radius 2 is 1.76 bits per heavy atom. The molecule has 1 aromatic rings. The molecule has 0 heterocycles. The maximum Gasteiger partial charge on any atom is 0.119 e. The van der Waals surface area contributed by atoms with Crippen LogP contribution in [0.1, 0.15) is 33.6 Å². The molecule has 0 spiro atoms. The highest BCUT2D eigenvalue weighted by Crippen LogP contribution is 2.13. The van der Waals surface area contributed by atoms with E-state index in [0.29, 0.717) is 6.61 Å². The zero-order chi connectivity index (χ0) is 12.7. The molecular formula is C14H22O2S. The summed E-state index contributed by atoms with van der Waals surface area (Å²) in [4.78, 5) is 0. The number of hydrogen-bond donors (Lipinski definition) is 0. The first-order chi connectivity index (χ1) is 8.00. The number of hydrogen-bond acceptors (Lipinski definition) is 2. The summed E-state index contributed by atoms with van der Waals surface area (Å²) >= 11 is 0.